The zero-order valence-electron chi connectivity index (χ0n) is 17.0. The third kappa shape index (κ3) is 2.91. The van der Waals surface area contributed by atoms with E-state index in [1.165, 1.54) is 33.4 Å². The smallest absolute Gasteiger partial charge is 0.252 e. The van der Waals surface area contributed by atoms with Gasteiger partial charge in [-0.15, -0.1) is 0 Å². The van der Waals surface area contributed by atoms with Crippen LogP contribution in [-0.2, 0) is 32.1 Å². The molecule has 5 aliphatic rings. The number of benzene rings is 3. The second-order valence-electron chi connectivity index (χ2n) is 8.19. The first-order valence-electron chi connectivity index (χ1n) is 10.5. The van der Waals surface area contributed by atoms with Crippen LogP contribution in [0.1, 0.15) is 54.1 Å². The molecule has 0 aliphatic heterocycles. The van der Waals surface area contributed by atoms with Crippen molar-refractivity contribution in [1.29, 1.82) is 0 Å². The van der Waals surface area contributed by atoms with Gasteiger partial charge in [0, 0.05) is 7.05 Å². The molecule has 0 aromatic heterocycles. The van der Waals surface area contributed by atoms with Gasteiger partial charge in [0.05, 0.1) is 11.1 Å². The Morgan fingerprint density at radius 1 is 0.800 bits per heavy atom. The highest BCUT2D eigenvalue weighted by Gasteiger charge is 2.30. The molecule has 5 aliphatic carbocycles. The van der Waals surface area contributed by atoms with Crippen LogP contribution in [0.25, 0.3) is 11.1 Å². The predicted molar refractivity (Wildman–Crippen MR) is 118 cm³/mol. The van der Waals surface area contributed by atoms with Gasteiger partial charge in [-0.05, 0) is 82.7 Å². The van der Waals surface area contributed by atoms with Gasteiger partial charge in [-0.25, -0.2) is 0 Å². The van der Waals surface area contributed by atoms with Crippen LogP contribution in [0, 0.1) is 0 Å². The lowest BCUT2D eigenvalue weighted by Crippen LogP contribution is -2.25. The third-order valence-corrected chi connectivity index (χ3v) is 6.54. The minimum atomic E-state index is -0.569. The average Bonchev–Trinajstić information content (AvgIpc) is 3.14. The molecule has 0 saturated carbocycles. The molecule has 3 aromatic rings. The fraction of sp³-hybridized carbons (Fsp3) is 0.231. The zero-order chi connectivity index (χ0) is 20.8. The summed E-state index contributed by atoms with van der Waals surface area (Å²) in [7, 11) is 1.59. The molecule has 150 valence electrons. The van der Waals surface area contributed by atoms with Crippen molar-refractivity contribution in [3.63, 3.8) is 0 Å². The highest BCUT2D eigenvalue weighted by atomic mass is 16.2. The van der Waals surface area contributed by atoms with E-state index < -0.39 is 5.91 Å². The quantitative estimate of drug-likeness (QED) is 0.543. The van der Waals surface area contributed by atoms with E-state index in [0.717, 1.165) is 36.8 Å². The normalized spacial score (nSPS) is 13.9. The number of fused-ring (bicyclic) bond motifs is 1. The van der Waals surface area contributed by atoms with Crippen molar-refractivity contribution in [3.8, 4) is 11.1 Å². The highest BCUT2D eigenvalue weighted by Crippen LogP contribution is 2.44. The second-order valence-corrected chi connectivity index (χ2v) is 8.19. The number of carbonyl (C=O) groups excluding carboxylic acids is 2. The van der Waals surface area contributed by atoms with E-state index >= 15 is 0 Å². The monoisotopic (exact) mass is 396 g/mol. The van der Waals surface area contributed by atoms with E-state index in [-0.39, 0.29) is 5.91 Å². The molecule has 0 heterocycles. The van der Waals surface area contributed by atoms with Crippen LogP contribution in [0.2, 0.25) is 0 Å². The van der Waals surface area contributed by atoms with Crippen molar-refractivity contribution in [3.05, 3.63) is 93.0 Å². The predicted octanol–water partition coefficient (Wildman–Crippen LogP) is 3.60. The maximum absolute atomic E-state index is 12.7. The number of hydrogen-bond donors (Lipinski definition) is 2. The van der Waals surface area contributed by atoms with E-state index in [1.54, 1.807) is 13.1 Å². The molecule has 3 N–H and O–H groups in total. The van der Waals surface area contributed by atoms with Crippen molar-refractivity contribution >= 4 is 11.8 Å². The van der Waals surface area contributed by atoms with Gasteiger partial charge in [0.2, 0.25) is 5.91 Å². The Labute approximate surface area is 176 Å². The molecular weight excluding hydrogens is 372 g/mol. The van der Waals surface area contributed by atoms with Crippen molar-refractivity contribution < 1.29 is 9.59 Å². The van der Waals surface area contributed by atoms with Crippen LogP contribution >= 0.6 is 0 Å². The van der Waals surface area contributed by atoms with E-state index in [0.29, 0.717) is 17.5 Å². The highest BCUT2D eigenvalue weighted by molar-refractivity contribution is 6.09. The third-order valence-electron chi connectivity index (χ3n) is 6.54. The fourth-order valence-electron chi connectivity index (χ4n) is 4.98. The topological polar surface area (TPSA) is 72.2 Å². The van der Waals surface area contributed by atoms with Crippen LogP contribution in [0.4, 0.5) is 0 Å². The Morgan fingerprint density at radius 3 is 2.07 bits per heavy atom. The van der Waals surface area contributed by atoms with Crippen LogP contribution in [-0.4, -0.2) is 18.9 Å². The Morgan fingerprint density at radius 2 is 1.43 bits per heavy atom. The standard InChI is InChI=1S/C26H24N2O2/c1-28-26(30)24-20(25(27)29)13-12-19-22(24)14-21-17-8-6-15-2-4-16(5-3-15)7-9-18(11-10-17)23(19)21/h2-5,10-13H,6-9,14H2,1H3,(H2,27,29)(H,28,30). The first-order valence-corrected chi connectivity index (χ1v) is 10.5. The number of hydrogen-bond acceptors (Lipinski definition) is 2. The molecule has 8 rings (SSSR count). The molecule has 0 fully saturated rings. The first-order chi connectivity index (χ1) is 14.6. The zero-order valence-corrected chi connectivity index (χ0v) is 17.0. The molecule has 30 heavy (non-hydrogen) atoms. The lowest BCUT2D eigenvalue weighted by atomic mass is 9.88. The number of aryl methyl sites for hydroxylation is 4. The fourth-order valence-corrected chi connectivity index (χ4v) is 4.98. The molecule has 0 unspecified atom stereocenters. The van der Waals surface area contributed by atoms with Gasteiger partial charge in [-0.1, -0.05) is 42.5 Å². The molecule has 3 aromatic carbocycles. The summed E-state index contributed by atoms with van der Waals surface area (Å²) in [5.74, 6) is -0.827. The SMILES string of the molecule is CNC(=O)c1c(C(N)=O)ccc2c1Cc1c3ccc(c1-2)CCc1ccc(cc1)CC3. The Balaban J connectivity index is 1.70. The minimum Gasteiger partial charge on any atom is -0.366 e. The summed E-state index contributed by atoms with van der Waals surface area (Å²) in [6.07, 6.45) is 4.51. The maximum atomic E-state index is 12.7. The summed E-state index contributed by atoms with van der Waals surface area (Å²) in [6.45, 7) is 0. The Kier molecular flexibility index (Phi) is 4.43. The summed E-state index contributed by atoms with van der Waals surface area (Å²) in [4.78, 5) is 24.8. The van der Waals surface area contributed by atoms with Gasteiger partial charge in [0.25, 0.3) is 5.91 Å². The Hall–Kier alpha value is -3.40. The van der Waals surface area contributed by atoms with E-state index in [4.69, 9.17) is 5.73 Å². The van der Waals surface area contributed by atoms with Gasteiger partial charge < -0.3 is 11.1 Å². The average molecular weight is 396 g/mol. The van der Waals surface area contributed by atoms with Crippen LogP contribution < -0.4 is 11.1 Å². The molecule has 4 nitrogen and oxygen atoms in total. The molecule has 0 atom stereocenters. The summed E-state index contributed by atoms with van der Waals surface area (Å²) in [5.41, 5.74) is 16.1. The molecule has 4 bridgehead atoms. The first kappa shape index (κ1) is 18.6. The summed E-state index contributed by atoms with van der Waals surface area (Å²) in [6, 6.07) is 17.1. The number of carbonyl (C=O) groups is 2. The molecule has 0 radical (unpaired) electrons. The summed E-state index contributed by atoms with van der Waals surface area (Å²) in [5, 5.41) is 2.69. The van der Waals surface area contributed by atoms with Gasteiger partial charge in [0.15, 0.2) is 0 Å². The number of primary amides is 1. The lowest BCUT2D eigenvalue weighted by molar-refractivity contribution is 0.0942. The van der Waals surface area contributed by atoms with Crippen molar-refractivity contribution in [2.75, 3.05) is 7.05 Å². The molecule has 0 saturated heterocycles. The van der Waals surface area contributed by atoms with Gasteiger partial charge in [0.1, 0.15) is 0 Å². The van der Waals surface area contributed by atoms with Gasteiger partial charge >= 0.3 is 0 Å². The van der Waals surface area contributed by atoms with Crippen LogP contribution in [0.15, 0.2) is 48.5 Å². The van der Waals surface area contributed by atoms with Crippen LogP contribution in [0.5, 0.6) is 0 Å². The minimum absolute atomic E-state index is 0.257. The Bertz CT molecular complexity index is 1190. The largest absolute Gasteiger partial charge is 0.366 e. The maximum Gasteiger partial charge on any atom is 0.252 e. The van der Waals surface area contributed by atoms with Gasteiger partial charge in [-0.2, -0.15) is 0 Å². The van der Waals surface area contributed by atoms with E-state index in [2.05, 4.69) is 41.7 Å². The second kappa shape index (κ2) is 7.13. The molecule has 4 heteroatoms. The molecular formula is C26H24N2O2. The molecule has 2 amide bonds. The van der Waals surface area contributed by atoms with Crippen molar-refractivity contribution in [2.24, 2.45) is 5.73 Å². The summed E-state index contributed by atoms with van der Waals surface area (Å²) < 4.78 is 0. The van der Waals surface area contributed by atoms with Crippen LogP contribution in [0.3, 0.4) is 0 Å². The number of nitrogens with two attached hydrogens (primary N) is 1. The van der Waals surface area contributed by atoms with Crippen molar-refractivity contribution in [2.45, 2.75) is 32.1 Å². The van der Waals surface area contributed by atoms with Gasteiger partial charge in [-0.3, -0.25) is 9.59 Å². The lowest BCUT2D eigenvalue weighted by Gasteiger charge is -2.16. The van der Waals surface area contributed by atoms with Crippen molar-refractivity contribution in [1.82, 2.24) is 5.32 Å². The van der Waals surface area contributed by atoms with E-state index in [9.17, 15) is 9.59 Å². The number of nitrogens with one attached hydrogen (secondary N) is 1. The summed E-state index contributed by atoms with van der Waals surface area (Å²) >= 11 is 0. The number of amides is 2. The molecule has 0 spiro atoms. The number of rotatable bonds is 2. The van der Waals surface area contributed by atoms with E-state index in [1.807, 2.05) is 6.07 Å².